The Balaban J connectivity index is 0. The maximum atomic E-state index is 12.7. The van der Waals surface area contributed by atoms with Crippen LogP contribution < -0.4 is 0 Å². The van der Waals surface area contributed by atoms with E-state index < -0.39 is 26.5 Å². The van der Waals surface area contributed by atoms with Crippen LogP contribution in [-0.2, 0) is 32.7 Å². The van der Waals surface area contributed by atoms with Crippen LogP contribution in [0.3, 0.4) is 0 Å². The summed E-state index contributed by atoms with van der Waals surface area (Å²) in [7, 11) is 7.61. The highest BCUT2D eigenvalue weighted by molar-refractivity contribution is 7.47. The van der Waals surface area contributed by atoms with Gasteiger partial charge in [0.2, 0.25) is 0 Å². The molecule has 0 bridgehead atoms. The molecule has 1 unspecified atom stereocenters. The second-order valence-corrected chi connectivity index (χ2v) is 19.6. The Morgan fingerprint density at radius 1 is 0.541 bits per heavy atom. The van der Waals surface area contributed by atoms with Crippen molar-refractivity contribution in [2.75, 3.05) is 81.8 Å². The number of hydrogen-bond donors (Lipinski definition) is 2. The fraction of sp³-hybridized carbons (Fsp3) is 0.796. The van der Waals surface area contributed by atoms with Crippen molar-refractivity contribution in [2.24, 2.45) is 0 Å². The molecule has 0 aromatic heterocycles. The lowest BCUT2D eigenvalue weighted by Gasteiger charge is -2.24. The number of rotatable bonds is 40. The molecular formula is C49H95N2O9P+2. The number of aliphatic hydroxyl groups excluding tert-OH is 1. The van der Waals surface area contributed by atoms with Crippen molar-refractivity contribution in [3.63, 3.8) is 0 Å². The van der Waals surface area contributed by atoms with Gasteiger partial charge in [-0.3, -0.25) is 18.6 Å². The molecule has 0 spiro atoms. The minimum atomic E-state index is -4.38. The normalized spacial score (nSPS) is 13.9. The van der Waals surface area contributed by atoms with E-state index in [9.17, 15) is 19.0 Å². The van der Waals surface area contributed by atoms with Crippen molar-refractivity contribution in [3.8, 4) is 0 Å². The molecule has 0 amide bonds. The molecule has 0 rings (SSSR count). The first-order valence-electron chi connectivity index (χ1n) is 23.8. The Kier molecular flexibility index (Phi) is 41.9. The molecular weight excluding hydrogens is 792 g/mol. The smallest absolute Gasteiger partial charge is 0.462 e. The molecule has 0 aromatic rings. The first-order valence-corrected chi connectivity index (χ1v) is 25.3. The summed E-state index contributed by atoms with van der Waals surface area (Å²) < 4.78 is 35.1. The van der Waals surface area contributed by atoms with Gasteiger partial charge in [-0.05, 0) is 77.0 Å². The van der Waals surface area contributed by atoms with Crippen LogP contribution in [0.25, 0.3) is 0 Å². The third-order valence-corrected chi connectivity index (χ3v) is 10.6. The molecule has 11 nitrogen and oxygen atoms in total. The third-order valence-electron chi connectivity index (χ3n) is 9.60. The Morgan fingerprint density at radius 3 is 1.36 bits per heavy atom. The Morgan fingerprint density at radius 2 is 0.951 bits per heavy atom. The van der Waals surface area contributed by atoms with Gasteiger partial charge in [0, 0.05) is 12.8 Å². The number of carbonyl (C=O) groups is 2. The van der Waals surface area contributed by atoms with E-state index in [-0.39, 0.29) is 38.6 Å². The van der Waals surface area contributed by atoms with Crippen molar-refractivity contribution in [1.82, 2.24) is 0 Å². The van der Waals surface area contributed by atoms with Gasteiger partial charge in [-0.2, -0.15) is 0 Å². The van der Waals surface area contributed by atoms with Gasteiger partial charge in [-0.25, -0.2) is 4.57 Å². The van der Waals surface area contributed by atoms with E-state index >= 15 is 0 Å². The van der Waals surface area contributed by atoms with Crippen LogP contribution in [0.15, 0.2) is 48.6 Å². The van der Waals surface area contributed by atoms with Gasteiger partial charge in [0.05, 0.1) is 55.5 Å². The largest absolute Gasteiger partial charge is 0.472 e. The van der Waals surface area contributed by atoms with Gasteiger partial charge in [0.25, 0.3) is 0 Å². The number of nitrogens with zero attached hydrogens (tertiary/aromatic N) is 2. The highest BCUT2D eigenvalue weighted by atomic mass is 31.2. The first-order chi connectivity index (χ1) is 29.0. The van der Waals surface area contributed by atoms with E-state index in [2.05, 4.69) is 83.6 Å². The van der Waals surface area contributed by atoms with Gasteiger partial charge < -0.3 is 28.4 Å². The van der Waals surface area contributed by atoms with E-state index in [1.165, 1.54) is 51.4 Å². The van der Waals surface area contributed by atoms with Crippen LogP contribution in [0.2, 0.25) is 0 Å². The second kappa shape index (κ2) is 41.9. The number of carbonyl (C=O) groups excluding carboxylic acids is 2. The summed E-state index contributed by atoms with van der Waals surface area (Å²) in [5.74, 6) is -0.834. The summed E-state index contributed by atoms with van der Waals surface area (Å²) >= 11 is 0. The van der Waals surface area contributed by atoms with E-state index in [1.807, 2.05) is 21.1 Å². The fourth-order valence-corrected chi connectivity index (χ4v) is 6.47. The molecule has 2 atom stereocenters. The first kappa shape index (κ1) is 61.0. The second-order valence-electron chi connectivity index (χ2n) is 18.1. The molecule has 358 valence electrons. The molecule has 0 saturated carbocycles. The number of phosphoric acid groups is 1. The fourth-order valence-electron chi connectivity index (χ4n) is 5.73. The maximum Gasteiger partial charge on any atom is 0.472 e. The molecule has 2 N–H and O–H groups in total. The zero-order chi connectivity index (χ0) is 45.9. The van der Waals surface area contributed by atoms with Crippen molar-refractivity contribution >= 4 is 19.8 Å². The maximum absolute atomic E-state index is 12.7. The molecule has 0 aliphatic rings. The predicted molar refractivity (Wildman–Crippen MR) is 254 cm³/mol. The van der Waals surface area contributed by atoms with Gasteiger partial charge in [0.1, 0.15) is 26.3 Å². The summed E-state index contributed by atoms with van der Waals surface area (Å²) in [6.07, 6.45) is 41.5. The lowest BCUT2D eigenvalue weighted by molar-refractivity contribution is -0.870. The quantitative estimate of drug-likeness (QED) is 0.0203. The number of aliphatic hydroxyl groups is 1. The molecule has 0 aromatic carbocycles. The highest BCUT2D eigenvalue weighted by Crippen LogP contribution is 2.43. The zero-order valence-electron chi connectivity index (χ0n) is 40.5. The standard InChI is InChI=1S/C44H80NO8P.C5H14NO/c1-6-8-10-12-14-16-18-20-22-24-26-28-30-32-34-36-43(46)50-40-42(41-52-54(48,49)51-39-38-45(3,4)5)53-44(47)37-35-33-31-29-27-25-23-21-19-17-15-13-11-9-7-2;1-6(2,3)4-5-7/h14-17,20-23,42H,6-13,18-19,24-41H2,1-5H3;7H,4-5H2,1-3H3/q;+1/p+1/b16-14-,17-15-,22-20-,23-21-;/t42-;/m1./s1. The van der Waals surface area contributed by atoms with E-state index in [1.54, 1.807) is 0 Å². The van der Waals surface area contributed by atoms with E-state index in [0.29, 0.717) is 17.4 Å². The molecule has 0 heterocycles. The van der Waals surface area contributed by atoms with Crippen molar-refractivity contribution in [2.45, 2.75) is 174 Å². The average molecular weight is 887 g/mol. The number of allylic oxidation sites excluding steroid dienone is 8. The van der Waals surface area contributed by atoms with Crippen LogP contribution >= 0.6 is 7.82 Å². The van der Waals surface area contributed by atoms with E-state index in [0.717, 1.165) is 94.5 Å². The highest BCUT2D eigenvalue weighted by Gasteiger charge is 2.27. The van der Waals surface area contributed by atoms with Crippen molar-refractivity contribution < 1.29 is 51.6 Å². The van der Waals surface area contributed by atoms with Gasteiger partial charge in [-0.15, -0.1) is 0 Å². The van der Waals surface area contributed by atoms with Crippen LogP contribution in [0, 0.1) is 0 Å². The van der Waals surface area contributed by atoms with Crippen molar-refractivity contribution in [3.05, 3.63) is 48.6 Å². The summed E-state index contributed by atoms with van der Waals surface area (Å²) in [6, 6.07) is 0. The lowest BCUT2D eigenvalue weighted by atomic mass is 10.1. The minimum absolute atomic E-state index is 0.0249. The molecule has 61 heavy (non-hydrogen) atoms. The molecule has 0 fully saturated rings. The Labute approximate surface area is 374 Å². The molecule has 0 saturated heterocycles. The number of likely N-dealkylation sites (N-methyl/N-ethyl adjacent to an activating group) is 2. The topological polar surface area (TPSA) is 129 Å². The number of ether oxygens (including phenoxy) is 2. The van der Waals surface area contributed by atoms with E-state index in [4.69, 9.17) is 23.6 Å². The summed E-state index contributed by atoms with van der Waals surface area (Å²) in [4.78, 5) is 35.3. The predicted octanol–water partition coefficient (Wildman–Crippen LogP) is 11.6. The van der Waals surface area contributed by atoms with Crippen molar-refractivity contribution in [1.29, 1.82) is 0 Å². The van der Waals surface area contributed by atoms with Crippen LogP contribution in [-0.4, -0.2) is 119 Å². The monoisotopic (exact) mass is 887 g/mol. The van der Waals surface area contributed by atoms with Gasteiger partial charge >= 0.3 is 19.8 Å². The summed E-state index contributed by atoms with van der Waals surface area (Å²) in [5.41, 5.74) is 0. The van der Waals surface area contributed by atoms with Gasteiger partial charge in [0.15, 0.2) is 6.10 Å². The SMILES string of the molecule is CCCCC/C=C\C/C=C\CCCCCCCC(=O)OC[C@H](COP(=O)(O)OCC[N+](C)(C)C)OC(=O)CCCCCCC/C=C\C/C=C\CCCCC.C[N+](C)(C)CCO. The molecule has 12 heteroatoms. The third kappa shape index (κ3) is 52.1. The average Bonchev–Trinajstić information content (AvgIpc) is 3.18. The Bertz CT molecular complexity index is 1190. The number of esters is 2. The molecule has 0 radical (unpaired) electrons. The Hall–Kier alpha value is -2.11. The molecule has 0 aliphatic carbocycles. The zero-order valence-corrected chi connectivity index (χ0v) is 41.4. The van der Waals surface area contributed by atoms with Gasteiger partial charge in [-0.1, -0.05) is 127 Å². The van der Waals surface area contributed by atoms with Crippen LogP contribution in [0.4, 0.5) is 0 Å². The number of phosphoric ester groups is 1. The summed E-state index contributed by atoms with van der Waals surface area (Å²) in [5, 5.41) is 8.39. The number of hydrogen-bond acceptors (Lipinski definition) is 8. The minimum Gasteiger partial charge on any atom is -0.462 e. The number of unbranched alkanes of at least 4 members (excludes halogenated alkanes) is 16. The lowest BCUT2D eigenvalue weighted by Crippen LogP contribution is -2.37. The molecule has 0 aliphatic heterocycles. The van der Waals surface area contributed by atoms with Crippen LogP contribution in [0.5, 0.6) is 0 Å². The summed E-state index contributed by atoms with van der Waals surface area (Å²) in [6.45, 7) is 5.44. The van der Waals surface area contributed by atoms with Crippen LogP contribution in [0.1, 0.15) is 168 Å². The number of quaternary nitrogens is 2.